The van der Waals surface area contributed by atoms with Crippen LogP contribution in [0.5, 0.6) is 0 Å². The van der Waals surface area contributed by atoms with E-state index in [1.807, 2.05) is 7.11 Å². The zero-order valence-electron chi connectivity index (χ0n) is 20.6. The molecule has 0 saturated heterocycles. The number of aromatic amines is 1. The minimum atomic E-state index is -0.0960. The van der Waals surface area contributed by atoms with Crippen LogP contribution in [0, 0.1) is 5.92 Å². The van der Waals surface area contributed by atoms with Crippen LogP contribution in [0.1, 0.15) is 81.7 Å². The Morgan fingerprint density at radius 1 is 1.09 bits per heavy atom. The number of benzene rings is 1. The molecule has 34 heavy (non-hydrogen) atoms. The maximum atomic E-state index is 5.81. The van der Waals surface area contributed by atoms with E-state index in [-0.39, 0.29) is 5.41 Å². The van der Waals surface area contributed by atoms with Gasteiger partial charge in [-0.1, -0.05) is 75.8 Å². The normalized spacial score (nSPS) is 19.3. The van der Waals surface area contributed by atoms with Crippen molar-refractivity contribution >= 4 is 0 Å². The summed E-state index contributed by atoms with van der Waals surface area (Å²) in [5.74, 6) is 1.37. The van der Waals surface area contributed by atoms with Gasteiger partial charge in [0.25, 0.3) is 0 Å². The Bertz CT molecular complexity index is 1070. The van der Waals surface area contributed by atoms with E-state index < -0.39 is 0 Å². The number of H-pyrrole nitrogens is 1. The van der Waals surface area contributed by atoms with Crippen LogP contribution < -0.4 is 0 Å². The highest BCUT2D eigenvalue weighted by Gasteiger charge is 2.42. The number of aryl methyl sites for hydroxylation is 1. The van der Waals surface area contributed by atoms with Crippen molar-refractivity contribution in [3.8, 4) is 22.5 Å². The Hall–Kier alpha value is -2.60. The molecule has 1 N–H and O–H groups in total. The second-order valence-corrected chi connectivity index (χ2v) is 10.3. The number of ether oxygens (including phenoxy) is 1. The van der Waals surface area contributed by atoms with Gasteiger partial charge in [0.2, 0.25) is 5.82 Å². The van der Waals surface area contributed by atoms with E-state index in [9.17, 15) is 0 Å². The number of hydrogen-bond donors (Lipinski definition) is 1. The van der Waals surface area contributed by atoms with E-state index in [2.05, 4.69) is 57.9 Å². The summed E-state index contributed by atoms with van der Waals surface area (Å²) >= 11 is 0. The van der Waals surface area contributed by atoms with Crippen molar-refractivity contribution in [2.24, 2.45) is 5.92 Å². The molecule has 1 fully saturated rings. The highest BCUT2D eigenvalue weighted by atomic mass is 16.5. The first-order chi connectivity index (χ1) is 16.8. The SMILES string of the molecule is CCCCC[C@H]1CCc2nc(C3(COC)CCCC3)c(-c3nn[nH]n3)c(-c3ccccc3)c2C1. The van der Waals surface area contributed by atoms with Crippen LogP contribution >= 0.6 is 0 Å². The molecule has 6 heteroatoms. The Kier molecular flexibility index (Phi) is 7.05. The van der Waals surface area contributed by atoms with Crippen molar-refractivity contribution in [2.45, 2.75) is 83.0 Å². The first-order valence-corrected chi connectivity index (χ1v) is 13.1. The van der Waals surface area contributed by atoms with Gasteiger partial charge in [0.05, 0.1) is 17.9 Å². The molecule has 2 aromatic heterocycles. The minimum absolute atomic E-state index is 0.0960. The molecule has 0 radical (unpaired) electrons. The summed E-state index contributed by atoms with van der Waals surface area (Å²) in [7, 11) is 1.81. The highest BCUT2D eigenvalue weighted by molar-refractivity contribution is 5.86. The molecule has 2 aliphatic rings. The van der Waals surface area contributed by atoms with Crippen molar-refractivity contribution < 1.29 is 4.74 Å². The van der Waals surface area contributed by atoms with Gasteiger partial charge < -0.3 is 4.74 Å². The second kappa shape index (κ2) is 10.3. The molecule has 180 valence electrons. The fourth-order valence-corrected chi connectivity index (χ4v) is 6.33. The number of methoxy groups -OCH3 is 1. The lowest BCUT2D eigenvalue weighted by Crippen LogP contribution is -2.32. The molecule has 1 atom stereocenters. The molecule has 3 aromatic rings. The number of fused-ring (bicyclic) bond motifs is 1. The summed E-state index contributed by atoms with van der Waals surface area (Å²) in [5.41, 5.74) is 7.25. The fourth-order valence-electron chi connectivity index (χ4n) is 6.33. The lowest BCUT2D eigenvalue weighted by Gasteiger charge is -2.34. The topological polar surface area (TPSA) is 76.6 Å². The Labute approximate surface area is 202 Å². The van der Waals surface area contributed by atoms with Crippen LogP contribution in [0.3, 0.4) is 0 Å². The average molecular weight is 460 g/mol. The smallest absolute Gasteiger partial charge is 0.207 e. The summed E-state index contributed by atoms with van der Waals surface area (Å²) in [4.78, 5) is 5.46. The lowest BCUT2D eigenvalue weighted by atomic mass is 9.74. The van der Waals surface area contributed by atoms with Crippen LogP contribution in [0.15, 0.2) is 30.3 Å². The number of tetrazole rings is 1. The molecule has 1 saturated carbocycles. The third kappa shape index (κ3) is 4.40. The molecule has 2 aliphatic carbocycles. The summed E-state index contributed by atoms with van der Waals surface area (Å²) in [6.07, 6.45) is 13.2. The van der Waals surface area contributed by atoms with Gasteiger partial charge in [-0.25, -0.2) is 0 Å². The fraction of sp³-hybridized carbons (Fsp3) is 0.571. The third-order valence-electron chi connectivity index (χ3n) is 8.00. The Balaban J connectivity index is 1.72. The molecule has 0 bridgehead atoms. The molecule has 0 unspecified atom stereocenters. The van der Waals surface area contributed by atoms with Gasteiger partial charge in [0, 0.05) is 18.2 Å². The van der Waals surface area contributed by atoms with Gasteiger partial charge in [0.1, 0.15) is 0 Å². The summed E-state index contributed by atoms with van der Waals surface area (Å²) in [5, 5.41) is 15.6. The van der Waals surface area contributed by atoms with Crippen LogP contribution in [0.2, 0.25) is 0 Å². The lowest BCUT2D eigenvalue weighted by molar-refractivity contribution is 0.129. The standard InChI is InChI=1S/C28H37N5O/c1-3-4-6-11-20-14-15-23-22(18-20)24(21-12-7-5-8-13-21)25(27-30-32-33-31-27)26(29-23)28(19-34-2)16-9-10-17-28/h5,7-8,12-13,20H,3-4,6,9-11,14-19H2,1-2H3,(H,30,31,32,33)/t20-/m0/s1. The first-order valence-electron chi connectivity index (χ1n) is 13.1. The van der Waals surface area contributed by atoms with E-state index in [0.717, 1.165) is 36.9 Å². The molecule has 6 nitrogen and oxygen atoms in total. The number of pyridine rings is 1. The number of rotatable bonds is 9. The number of nitrogens with zero attached hydrogens (tertiary/aromatic N) is 4. The predicted octanol–water partition coefficient (Wildman–Crippen LogP) is 6.07. The maximum absolute atomic E-state index is 5.81. The number of hydrogen-bond acceptors (Lipinski definition) is 5. The van der Waals surface area contributed by atoms with Crippen molar-refractivity contribution in [2.75, 3.05) is 13.7 Å². The maximum Gasteiger partial charge on any atom is 0.207 e. The summed E-state index contributed by atoms with van der Waals surface area (Å²) < 4.78 is 5.81. The molecule has 0 amide bonds. The zero-order chi connectivity index (χ0) is 23.4. The van der Waals surface area contributed by atoms with Crippen molar-refractivity contribution in [3.63, 3.8) is 0 Å². The van der Waals surface area contributed by atoms with Crippen LogP contribution in [0.25, 0.3) is 22.5 Å². The van der Waals surface area contributed by atoms with E-state index in [1.165, 1.54) is 67.3 Å². The van der Waals surface area contributed by atoms with Crippen LogP contribution in [0.4, 0.5) is 0 Å². The highest BCUT2D eigenvalue weighted by Crippen LogP contribution is 2.49. The zero-order valence-corrected chi connectivity index (χ0v) is 20.6. The van der Waals surface area contributed by atoms with Gasteiger partial charge in [-0.15, -0.1) is 10.2 Å². The number of unbranched alkanes of at least 4 members (excludes halogenated alkanes) is 2. The monoisotopic (exact) mass is 459 g/mol. The second-order valence-electron chi connectivity index (χ2n) is 10.3. The van der Waals surface area contributed by atoms with Gasteiger partial charge >= 0.3 is 0 Å². The van der Waals surface area contributed by atoms with Crippen molar-refractivity contribution in [3.05, 3.63) is 47.3 Å². The molecular formula is C28H37N5O. The van der Waals surface area contributed by atoms with E-state index in [1.54, 1.807) is 0 Å². The molecule has 0 spiro atoms. The minimum Gasteiger partial charge on any atom is -0.384 e. The molecule has 1 aromatic carbocycles. The van der Waals surface area contributed by atoms with Crippen LogP contribution in [-0.4, -0.2) is 39.3 Å². The Morgan fingerprint density at radius 3 is 2.62 bits per heavy atom. The summed E-state index contributed by atoms with van der Waals surface area (Å²) in [6.45, 7) is 2.96. The molecule has 5 rings (SSSR count). The summed E-state index contributed by atoms with van der Waals surface area (Å²) in [6, 6.07) is 10.8. The number of nitrogens with one attached hydrogen (secondary N) is 1. The van der Waals surface area contributed by atoms with Crippen LogP contribution in [-0.2, 0) is 23.0 Å². The van der Waals surface area contributed by atoms with Crippen molar-refractivity contribution in [1.29, 1.82) is 0 Å². The van der Waals surface area contributed by atoms with Gasteiger partial charge in [-0.3, -0.25) is 4.98 Å². The van der Waals surface area contributed by atoms with Gasteiger partial charge in [0.15, 0.2) is 0 Å². The van der Waals surface area contributed by atoms with E-state index in [0.29, 0.717) is 18.3 Å². The largest absolute Gasteiger partial charge is 0.384 e. The molecule has 2 heterocycles. The van der Waals surface area contributed by atoms with E-state index in [4.69, 9.17) is 9.72 Å². The van der Waals surface area contributed by atoms with Gasteiger partial charge in [-0.2, -0.15) is 5.21 Å². The third-order valence-corrected chi connectivity index (χ3v) is 8.00. The molecule has 0 aliphatic heterocycles. The first kappa shape index (κ1) is 23.2. The molecular weight excluding hydrogens is 422 g/mol. The Morgan fingerprint density at radius 2 is 1.91 bits per heavy atom. The van der Waals surface area contributed by atoms with E-state index >= 15 is 0 Å². The quantitative estimate of drug-likeness (QED) is 0.393. The number of aromatic nitrogens is 5. The predicted molar refractivity (Wildman–Crippen MR) is 135 cm³/mol. The van der Waals surface area contributed by atoms with Gasteiger partial charge in [-0.05, 0) is 59.9 Å². The average Bonchev–Trinajstić information content (AvgIpc) is 3.57. The van der Waals surface area contributed by atoms with Crippen molar-refractivity contribution in [1.82, 2.24) is 25.6 Å².